The maximum absolute atomic E-state index is 12.8. The summed E-state index contributed by atoms with van der Waals surface area (Å²) < 4.78 is 14.6. The molecule has 4 heteroatoms. The van der Waals surface area contributed by atoms with Crippen LogP contribution in [-0.4, -0.2) is 0 Å². The summed E-state index contributed by atoms with van der Waals surface area (Å²) in [5, 5.41) is 0.731. The molecule has 0 aliphatic heterocycles. The van der Waals surface area contributed by atoms with Gasteiger partial charge in [0, 0.05) is 19.5 Å². The quantitative estimate of drug-likeness (QED) is 0.680. The third kappa shape index (κ3) is 1.28. The lowest BCUT2D eigenvalue weighted by Gasteiger charge is -1.96. The summed E-state index contributed by atoms with van der Waals surface area (Å²) in [6.07, 6.45) is 0. The molecule has 0 aliphatic carbocycles. The van der Waals surface area contributed by atoms with Gasteiger partial charge >= 0.3 is 0 Å². The van der Waals surface area contributed by atoms with E-state index >= 15 is 0 Å². The van der Waals surface area contributed by atoms with Crippen LogP contribution in [0.15, 0.2) is 27.6 Å². The van der Waals surface area contributed by atoms with Gasteiger partial charge in [0.05, 0.1) is 0 Å². The van der Waals surface area contributed by atoms with E-state index in [1.165, 1.54) is 6.07 Å². The zero-order valence-corrected chi connectivity index (χ0v) is 9.14. The highest BCUT2D eigenvalue weighted by Crippen LogP contribution is 2.34. The van der Waals surface area contributed by atoms with Gasteiger partial charge < -0.3 is 0 Å². The molecule has 0 bridgehead atoms. The van der Waals surface area contributed by atoms with Crippen molar-refractivity contribution in [1.29, 1.82) is 0 Å². The largest absolute Gasteiger partial charge is 0.195 e. The van der Waals surface area contributed by atoms with Crippen molar-refractivity contribution in [2.45, 2.75) is 4.90 Å². The van der Waals surface area contributed by atoms with Crippen LogP contribution in [-0.2, 0) is 0 Å². The normalized spacial score (nSPS) is 10.9. The van der Waals surface area contributed by atoms with Crippen LogP contribution in [0, 0.1) is 5.13 Å². The molecular weight excluding hydrogens is 259 g/mol. The van der Waals surface area contributed by atoms with Crippen LogP contribution in [0.2, 0.25) is 0 Å². The Morgan fingerprint density at radius 2 is 2.17 bits per heavy atom. The summed E-state index contributed by atoms with van der Waals surface area (Å²) in [4.78, 5) is 0.834. The average Bonchev–Trinajstić information content (AvgIpc) is 2.39. The van der Waals surface area contributed by atoms with Crippen LogP contribution in [0.4, 0.5) is 4.39 Å². The standard InChI is InChI=1S/C8H4BrFS2/c9-8-4-3-7(10)12-6(4)2-1-5(8)11/h1-3,11H. The fourth-order valence-corrected chi connectivity index (χ4v) is 2.62. The Balaban J connectivity index is 2.89. The SMILES string of the molecule is Fc1cc2c(Br)c(S)ccc2s1. The molecule has 0 N–H and O–H groups in total. The highest BCUT2D eigenvalue weighted by atomic mass is 79.9. The van der Waals surface area contributed by atoms with Gasteiger partial charge in [0.1, 0.15) is 0 Å². The molecule has 0 amide bonds. The van der Waals surface area contributed by atoms with Gasteiger partial charge in [-0.25, -0.2) is 0 Å². The number of halogens is 2. The van der Waals surface area contributed by atoms with Crippen LogP contribution in [0.3, 0.4) is 0 Å². The molecule has 0 nitrogen and oxygen atoms in total. The second-order valence-electron chi connectivity index (χ2n) is 2.36. The number of hydrogen-bond acceptors (Lipinski definition) is 2. The smallest absolute Gasteiger partial charge is 0.177 e. The van der Waals surface area contributed by atoms with E-state index in [-0.39, 0.29) is 5.13 Å². The minimum atomic E-state index is -0.162. The molecular formula is C8H4BrFS2. The fourth-order valence-electron chi connectivity index (χ4n) is 1.04. The first-order valence-corrected chi connectivity index (χ1v) is 5.30. The number of thiol groups is 1. The van der Waals surface area contributed by atoms with Gasteiger partial charge in [-0.05, 0) is 34.1 Å². The van der Waals surface area contributed by atoms with Crippen LogP contribution < -0.4 is 0 Å². The lowest BCUT2D eigenvalue weighted by molar-refractivity contribution is 0.658. The number of hydrogen-bond donors (Lipinski definition) is 1. The first-order valence-electron chi connectivity index (χ1n) is 3.25. The lowest BCUT2D eigenvalue weighted by Crippen LogP contribution is -1.69. The predicted molar refractivity (Wildman–Crippen MR) is 56.7 cm³/mol. The van der Waals surface area contributed by atoms with Crippen molar-refractivity contribution >= 4 is 50.0 Å². The molecule has 1 aromatic heterocycles. The van der Waals surface area contributed by atoms with E-state index in [0.29, 0.717) is 0 Å². The van der Waals surface area contributed by atoms with E-state index in [2.05, 4.69) is 28.6 Å². The van der Waals surface area contributed by atoms with Crippen LogP contribution >= 0.6 is 39.9 Å². The molecule has 2 rings (SSSR count). The van der Waals surface area contributed by atoms with Crippen molar-refractivity contribution in [3.63, 3.8) is 0 Å². The molecule has 0 spiro atoms. The zero-order chi connectivity index (χ0) is 8.72. The molecule has 0 saturated heterocycles. The topological polar surface area (TPSA) is 0 Å². The van der Waals surface area contributed by atoms with E-state index in [9.17, 15) is 4.39 Å². The van der Waals surface area contributed by atoms with E-state index in [0.717, 1.165) is 30.8 Å². The van der Waals surface area contributed by atoms with Crippen molar-refractivity contribution in [3.8, 4) is 0 Å². The predicted octanol–water partition coefficient (Wildman–Crippen LogP) is 4.09. The van der Waals surface area contributed by atoms with Crippen molar-refractivity contribution < 1.29 is 4.39 Å². The van der Waals surface area contributed by atoms with Gasteiger partial charge in [-0.3, -0.25) is 0 Å². The number of benzene rings is 1. The Kier molecular flexibility index (Phi) is 2.14. The van der Waals surface area contributed by atoms with Gasteiger partial charge in [-0.1, -0.05) is 0 Å². The third-order valence-electron chi connectivity index (χ3n) is 1.58. The summed E-state index contributed by atoms with van der Waals surface area (Å²) in [5.74, 6) is 0. The highest BCUT2D eigenvalue weighted by molar-refractivity contribution is 9.10. The minimum absolute atomic E-state index is 0.162. The Morgan fingerprint density at radius 1 is 1.42 bits per heavy atom. The molecule has 0 radical (unpaired) electrons. The van der Waals surface area contributed by atoms with Crippen molar-refractivity contribution in [3.05, 3.63) is 27.8 Å². The Morgan fingerprint density at radius 3 is 2.92 bits per heavy atom. The molecule has 0 atom stereocenters. The first kappa shape index (κ1) is 8.53. The second kappa shape index (κ2) is 3.01. The summed E-state index contributed by atoms with van der Waals surface area (Å²) >= 11 is 8.72. The van der Waals surface area contributed by atoms with Crippen LogP contribution in [0.5, 0.6) is 0 Å². The van der Waals surface area contributed by atoms with Crippen molar-refractivity contribution in [1.82, 2.24) is 0 Å². The molecule has 0 fully saturated rings. The molecule has 1 heterocycles. The Labute approximate surface area is 86.9 Å². The number of fused-ring (bicyclic) bond motifs is 1. The highest BCUT2D eigenvalue weighted by Gasteiger charge is 2.06. The second-order valence-corrected chi connectivity index (χ2v) is 4.67. The molecule has 0 unspecified atom stereocenters. The molecule has 12 heavy (non-hydrogen) atoms. The number of rotatable bonds is 0. The summed E-state index contributed by atoms with van der Waals surface area (Å²) in [5.41, 5.74) is 0. The van der Waals surface area contributed by atoms with E-state index in [1.54, 1.807) is 0 Å². The van der Waals surface area contributed by atoms with E-state index in [4.69, 9.17) is 0 Å². The maximum atomic E-state index is 12.8. The van der Waals surface area contributed by atoms with E-state index in [1.807, 2.05) is 12.1 Å². The average molecular weight is 263 g/mol. The lowest BCUT2D eigenvalue weighted by atomic mass is 10.3. The van der Waals surface area contributed by atoms with Gasteiger partial charge in [-0.2, -0.15) is 4.39 Å². The monoisotopic (exact) mass is 262 g/mol. The molecule has 0 aliphatic rings. The maximum Gasteiger partial charge on any atom is 0.177 e. The summed E-state index contributed by atoms with van der Waals surface area (Å²) in [6.45, 7) is 0. The summed E-state index contributed by atoms with van der Waals surface area (Å²) in [6, 6.07) is 5.24. The Bertz CT molecular complexity index is 436. The van der Waals surface area contributed by atoms with Gasteiger partial charge in [0.25, 0.3) is 0 Å². The molecule has 1 aromatic carbocycles. The van der Waals surface area contributed by atoms with Gasteiger partial charge in [-0.15, -0.1) is 24.0 Å². The molecule has 0 saturated carbocycles. The Hall–Kier alpha value is -0.0600. The first-order chi connectivity index (χ1) is 5.68. The fraction of sp³-hybridized carbons (Fsp3) is 0. The van der Waals surface area contributed by atoms with Gasteiger partial charge in [0.2, 0.25) is 0 Å². The van der Waals surface area contributed by atoms with Crippen LogP contribution in [0.1, 0.15) is 0 Å². The molecule has 62 valence electrons. The zero-order valence-electron chi connectivity index (χ0n) is 5.84. The minimum Gasteiger partial charge on any atom is -0.195 e. The van der Waals surface area contributed by atoms with Crippen molar-refractivity contribution in [2.24, 2.45) is 0 Å². The van der Waals surface area contributed by atoms with Crippen molar-refractivity contribution in [2.75, 3.05) is 0 Å². The summed E-state index contributed by atoms with van der Waals surface area (Å²) in [7, 11) is 0. The van der Waals surface area contributed by atoms with Crippen LogP contribution in [0.25, 0.3) is 10.1 Å². The van der Waals surface area contributed by atoms with E-state index < -0.39 is 0 Å². The number of thiophene rings is 1. The third-order valence-corrected chi connectivity index (χ3v) is 4.01. The van der Waals surface area contributed by atoms with Gasteiger partial charge in [0.15, 0.2) is 5.13 Å². The molecule has 2 aromatic rings.